The van der Waals surface area contributed by atoms with E-state index in [0.717, 1.165) is 18.4 Å². The lowest BCUT2D eigenvalue weighted by molar-refractivity contribution is 0.537. The van der Waals surface area contributed by atoms with E-state index in [4.69, 9.17) is 4.42 Å². The topological polar surface area (TPSA) is 30.2 Å². The fourth-order valence-electron chi connectivity index (χ4n) is 2.58. The van der Waals surface area contributed by atoms with Gasteiger partial charge >= 0.3 is 0 Å². The number of hydrogen-bond acceptors (Lipinski definition) is 2. The van der Waals surface area contributed by atoms with Crippen LogP contribution in [-0.2, 0) is 6.42 Å². The van der Waals surface area contributed by atoms with Gasteiger partial charge in [-0.05, 0) is 30.5 Å². The standard InChI is InChI=1S/C17H15FO2/c1-2-13-15(11-7-4-3-5-8-11)17(19)16-12(18)9-6-10-14(16)20-13/h4,6-10H,2-3,5H2,1H3. The van der Waals surface area contributed by atoms with E-state index in [1.807, 2.05) is 25.2 Å². The molecule has 102 valence electrons. The predicted molar refractivity (Wildman–Crippen MR) is 78.2 cm³/mol. The van der Waals surface area contributed by atoms with Gasteiger partial charge in [-0.2, -0.15) is 0 Å². The SMILES string of the molecule is CCc1oc2cccc(F)c2c(=O)c1C1=CCCC=C1. The fraction of sp³-hybridized carbons (Fsp3) is 0.235. The average Bonchev–Trinajstić information content (AvgIpc) is 2.47. The molecule has 0 N–H and O–H groups in total. The summed E-state index contributed by atoms with van der Waals surface area (Å²) in [7, 11) is 0. The molecule has 0 bridgehead atoms. The first kappa shape index (κ1) is 12.9. The Morgan fingerprint density at radius 2 is 2.15 bits per heavy atom. The monoisotopic (exact) mass is 270 g/mol. The van der Waals surface area contributed by atoms with Crippen LogP contribution in [0.15, 0.2) is 45.6 Å². The minimum absolute atomic E-state index is 0.0413. The molecule has 0 saturated carbocycles. The highest BCUT2D eigenvalue weighted by molar-refractivity contribution is 5.84. The third kappa shape index (κ3) is 1.99. The van der Waals surface area contributed by atoms with Crippen molar-refractivity contribution < 1.29 is 8.81 Å². The van der Waals surface area contributed by atoms with Gasteiger partial charge in [-0.15, -0.1) is 0 Å². The lowest BCUT2D eigenvalue weighted by Gasteiger charge is -2.12. The zero-order valence-electron chi connectivity index (χ0n) is 11.3. The molecule has 0 atom stereocenters. The van der Waals surface area contributed by atoms with Crippen molar-refractivity contribution in [2.75, 3.05) is 0 Å². The molecule has 1 aromatic carbocycles. The van der Waals surface area contributed by atoms with E-state index < -0.39 is 5.82 Å². The Morgan fingerprint density at radius 1 is 1.30 bits per heavy atom. The van der Waals surface area contributed by atoms with E-state index in [-0.39, 0.29) is 10.8 Å². The summed E-state index contributed by atoms with van der Waals surface area (Å²) in [5, 5.41) is 0.0413. The number of rotatable bonds is 2. The molecule has 1 aliphatic carbocycles. The molecule has 3 heteroatoms. The van der Waals surface area contributed by atoms with Gasteiger partial charge in [-0.1, -0.05) is 31.2 Å². The van der Waals surface area contributed by atoms with Crippen LogP contribution in [-0.4, -0.2) is 0 Å². The van der Waals surface area contributed by atoms with Crippen LogP contribution in [0.25, 0.3) is 16.5 Å². The van der Waals surface area contributed by atoms with Crippen molar-refractivity contribution in [2.45, 2.75) is 26.2 Å². The highest BCUT2D eigenvalue weighted by atomic mass is 19.1. The summed E-state index contributed by atoms with van der Waals surface area (Å²) < 4.78 is 19.7. The minimum atomic E-state index is -0.527. The van der Waals surface area contributed by atoms with Gasteiger partial charge in [-0.3, -0.25) is 4.79 Å². The van der Waals surface area contributed by atoms with Gasteiger partial charge in [0.25, 0.3) is 0 Å². The summed E-state index contributed by atoms with van der Waals surface area (Å²) in [5.74, 6) is 0.0893. The van der Waals surface area contributed by atoms with E-state index in [1.54, 1.807) is 12.1 Å². The van der Waals surface area contributed by atoms with Crippen LogP contribution >= 0.6 is 0 Å². The van der Waals surface area contributed by atoms with Gasteiger partial charge in [0.15, 0.2) is 0 Å². The zero-order valence-corrected chi connectivity index (χ0v) is 11.3. The van der Waals surface area contributed by atoms with Crippen molar-refractivity contribution in [3.63, 3.8) is 0 Å². The number of fused-ring (bicyclic) bond motifs is 1. The first-order valence-corrected chi connectivity index (χ1v) is 6.83. The van der Waals surface area contributed by atoms with Crippen molar-refractivity contribution in [1.29, 1.82) is 0 Å². The number of aryl methyl sites for hydroxylation is 1. The molecule has 1 aliphatic rings. The maximum absolute atomic E-state index is 13.9. The quantitative estimate of drug-likeness (QED) is 0.817. The highest BCUT2D eigenvalue weighted by Gasteiger charge is 2.18. The van der Waals surface area contributed by atoms with Crippen LogP contribution in [0.1, 0.15) is 31.1 Å². The Labute approximate surface area is 116 Å². The maximum atomic E-state index is 13.9. The number of halogens is 1. The number of hydrogen-bond donors (Lipinski definition) is 0. The summed E-state index contributed by atoms with van der Waals surface area (Å²) in [6.45, 7) is 1.93. The summed E-state index contributed by atoms with van der Waals surface area (Å²) in [6, 6.07) is 4.48. The van der Waals surface area contributed by atoms with E-state index in [9.17, 15) is 9.18 Å². The zero-order chi connectivity index (χ0) is 14.1. The van der Waals surface area contributed by atoms with Gasteiger partial charge in [0.05, 0.1) is 5.56 Å². The van der Waals surface area contributed by atoms with Gasteiger partial charge in [-0.25, -0.2) is 4.39 Å². The molecule has 20 heavy (non-hydrogen) atoms. The van der Waals surface area contributed by atoms with Crippen molar-refractivity contribution in [2.24, 2.45) is 0 Å². The molecule has 2 aromatic rings. The van der Waals surface area contributed by atoms with Gasteiger partial charge in [0.1, 0.15) is 22.5 Å². The molecule has 0 saturated heterocycles. The second-order valence-electron chi connectivity index (χ2n) is 4.84. The lowest BCUT2D eigenvalue weighted by atomic mass is 9.96. The largest absolute Gasteiger partial charge is 0.460 e. The van der Waals surface area contributed by atoms with Crippen molar-refractivity contribution in [3.8, 4) is 0 Å². The van der Waals surface area contributed by atoms with E-state index >= 15 is 0 Å². The molecule has 0 spiro atoms. The maximum Gasteiger partial charge on any atom is 0.203 e. The van der Waals surface area contributed by atoms with Crippen LogP contribution in [0.2, 0.25) is 0 Å². The third-order valence-electron chi connectivity index (χ3n) is 3.55. The Bertz CT molecular complexity index is 781. The van der Waals surface area contributed by atoms with Crippen LogP contribution < -0.4 is 5.43 Å². The van der Waals surface area contributed by atoms with Gasteiger partial charge in [0.2, 0.25) is 5.43 Å². The van der Waals surface area contributed by atoms with E-state index in [2.05, 4.69) is 0 Å². The van der Waals surface area contributed by atoms with E-state index in [0.29, 0.717) is 23.3 Å². The number of allylic oxidation sites excluding steroid dienone is 4. The first-order valence-electron chi connectivity index (χ1n) is 6.83. The second-order valence-corrected chi connectivity index (χ2v) is 4.84. The molecular weight excluding hydrogens is 255 g/mol. The van der Waals surface area contributed by atoms with Crippen LogP contribution in [0.3, 0.4) is 0 Å². The Kier molecular flexibility index (Phi) is 3.26. The molecular formula is C17H15FO2. The Morgan fingerprint density at radius 3 is 2.85 bits per heavy atom. The van der Waals surface area contributed by atoms with Crippen molar-refractivity contribution >= 4 is 16.5 Å². The Hall–Kier alpha value is -2.16. The smallest absolute Gasteiger partial charge is 0.203 e. The highest BCUT2D eigenvalue weighted by Crippen LogP contribution is 2.26. The molecule has 0 radical (unpaired) electrons. The normalized spacial score (nSPS) is 14.6. The molecule has 2 nitrogen and oxygen atoms in total. The summed E-state index contributed by atoms with van der Waals surface area (Å²) in [4.78, 5) is 12.7. The predicted octanol–water partition coefficient (Wildman–Crippen LogP) is 4.23. The molecule has 0 fully saturated rings. The van der Waals surface area contributed by atoms with Crippen molar-refractivity contribution in [3.05, 3.63) is 63.8 Å². The molecule has 0 aliphatic heterocycles. The van der Waals surface area contributed by atoms with Crippen LogP contribution in [0, 0.1) is 5.82 Å². The molecule has 0 unspecified atom stereocenters. The number of benzene rings is 1. The molecule has 1 heterocycles. The van der Waals surface area contributed by atoms with Gasteiger partial charge < -0.3 is 4.42 Å². The summed E-state index contributed by atoms with van der Waals surface area (Å²) in [5.41, 5.74) is 1.38. The average molecular weight is 270 g/mol. The summed E-state index contributed by atoms with van der Waals surface area (Å²) >= 11 is 0. The third-order valence-corrected chi connectivity index (χ3v) is 3.55. The van der Waals surface area contributed by atoms with Gasteiger partial charge in [0, 0.05) is 6.42 Å². The second kappa shape index (κ2) is 5.08. The lowest BCUT2D eigenvalue weighted by Crippen LogP contribution is -2.13. The summed E-state index contributed by atoms with van der Waals surface area (Å²) in [6.07, 6.45) is 8.42. The Balaban J connectivity index is 2.38. The van der Waals surface area contributed by atoms with Crippen LogP contribution in [0.5, 0.6) is 0 Å². The fourth-order valence-corrected chi connectivity index (χ4v) is 2.58. The molecule has 0 amide bonds. The molecule has 1 aromatic heterocycles. The van der Waals surface area contributed by atoms with Crippen LogP contribution in [0.4, 0.5) is 4.39 Å². The first-order chi connectivity index (χ1) is 9.72. The molecule has 3 rings (SSSR count). The minimum Gasteiger partial charge on any atom is -0.460 e. The van der Waals surface area contributed by atoms with E-state index in [1.165, 1.54) is 6.07 Å². The van der Waals surface area contributed by atoms with Crippen molar-refractivity contribution in [1.82, 2.24) is 0 Å².